The maximum absolute atomic E-state index is 12.3. The number of amides is 1. The number of hydrogen-bond donors (Lipinski definition) is 1. The molecule has 0 spiro atoms. The van der Waals surface area contributed by atoms with Crippen molar-refractivity contribution >= 4 is 28.8 Å². The number of allylic oxidation sites excluding steroid dienone is 1. The number of nitro groups is 1. The van der Waals surface area contributed by atoms with E-state index in [1.54, 1.807) is 42.5 Å². The second kappa shape index (κ2) is 10.3. The Morgan fingerprint density at radius 1 is 1.12 bits per heavy atom. The quantitative estimate of drug-likeness (QED) is 0.157. The molecule has 0 atom stereocenters. The minimum absolute atomic E-state index is 0.0173. The molecule has 1 aromatic heterocycles. The van der Waals surface area contributed by atoms with Gasteiger partial charge in [-0.2, -0.15) is 5.10 Å². The van der Waals surface area contributed by atoms with Crippen LogP contribution in [0.2, 0.25) is 0 Å². The number of furan rings is 1. The molecule has 1 N–H and O–H groups in total. The molecule has 0 aliphatic heterocycles. The minimum atomic E-state index is -0.448. The monoisotopic (exact) mass is 455 g/mol. The lowest BCUT2D eigenvalue weighted by atomic mass is 10.1. The van der Waals surface area contributed by atoms with Crippen LogP contribution in [0.15, 0.2) is 95.0 Å². The maximum atomic E-state index is 12.3. The normalized spacial score (nSPS) is 10.9. The molecule has 8 nitrogen and oxygen atoms in total. The van der Waals surface area contributed by atoms with Gasteiger partial charge in [-0.1, -0.05) is 36.4 Å². The summed E-state index contributed by atoms with van der Waals surface area (Å²) in [6.45, 7) is 3.97. The van der Waals surface area contributed by atoms with Gasteiger partial charge in [-0.3, -0.25) is 14.9 Å². The number of carbonyl (C=O) groups excluding carboxylic acids is 1. The fourth-order valence-corrected chi connectivity index (χ4v) is 3.37. The van der Waals surface area contributed by atoms with E-state index in [0.717, 1.165) is 16.5 Å². The van der Waals surface area contributed by atoms with Crippen LogP contribution in [0.1, 0.15) is 27.2 Å². The average molecular weight is 455 g/mol. The Morgan fingerprint density at radius 3 is 2.76 bits per heavy atom. The van der Waals surface area contributed by atoms with Gasteiger partial charge in [-0.25, -0.2) is 5.43 Å². The fraction of sp³-hybridized carbons (Fsp3) is 0.0769. The van der Waals surface area contributed by atoms with Crippen molar-refractivity contribution < 1.29 is 18.9 Å². The number of hydrazone groups is 1. The number of non-ortho nitro benzene ring substituents is 1. The molecule has 4 rings (SSSR count). The Morgan fingerprint density at radius 2 is 1.97 bits per heavy atom. The van der Waals surface area contributed by atoms with E-state index in [1.165, 1.54) is 18.3 Å². The van der Waals surface area contributed by atoms with Crippen LogP contribution in [0.5, 0.6) is 5.75 Å². The van der Waals surface area contributed by atoms with Crippen molar-refractivity contribution in [1.29, 1.82) is 0 Å². The molecule has 0 aliphatic rings. The molecule has 0 saturated carbocycles. The highest BCUT2D eigenvalue weighted by atomic mass is 16.6. The van der Waals surface area contributed by atoms with E-state index in [0.29, 0.717) is 23.3 Å². The van der Waals surface area contributed by atoms with Gasteiger partial charge in [0.25, 0.3) is 5.69 Å². The zero-order valence-corrected chi connectivity index (χ0v) is 18.1. The van der Waals surface area contributed by atoms with E-state index in [1.807, 2.05) is 24.3 Å². The molecule has 0 unspecified atom stereocenters. The van der Waals surface area contributed by atoms with Crippen molar-refractivity contribution in [2.45, 2.75) is 13.0 Å². The number of hydrogen-bond acceptors (Lipinski definition) is 6. The van der Waals surface area contributed by atoms with Crippen molar-refractivity contribution in [2.24, 2.45) is 5.10 Å². The number of ether oxygens (including phenoxy) is 1. The number of fused-ring (bicyclic) bond motifs is 1. The van der Waals surface area contributed by atoms with Crippen LogP contribution < -0.4 is 10.2 Å². The first kappa shape index (κ1) is 22.5. The Kier molecular flexibility index (Phi) is 6.78. The third-order valence-corrected chi connectivity index (χ3v) is 4.99. The Balaban J connectivity index is 1.42. The van der Waals surface area contributed by atoms with Crippen LogP contribution in [0, 0.1) is 10.1 Å². The summed E-state index contributed by atoms with van der Waals surface area (Å²) >= 11 is 0. The fourth-order valence-electron chi connectivity index (χ4n) is 3.37. The summed E-state index contributed by atoms with van der Waals surface area (Å²) in [7, 11) is 0. The number of carbonyl (C=O) groups is 1. The van der Waals surface area contributed by atoms with Gasteiger partial charge in [0.2, 0.25) is 0 Å². The van der Waals surface area contributed by atoms with Crippen LogP contribution in [0.25, 0.3) is 11.0 Å². The van der Waals surface area contributed by atoms with Crippen LogP contribution in [-0.4, -0.2) is 17.0 Å². The van der Waals surface area contributed by atoms with Gasteiger partial charge in [-0.05, 0) is 53.4 Å². The van der Waals surface area contributed by atoms with Crippen molar-refractivity contribution in [3.05, 3.63) is 118 Å². The zero-order chi connectivity index (χ0) is 23.9. The predicted octanol–water partition coefficient (Wildman–Crippen LogP) is 5.41. The largest absolute Gasteiger partial charge is 0.489 e. The smallest absolute Gasteiger partial charge is 0.307 e. The van der Waals surface area contributed by atoms with E-state index in [2.05, 4.69) is 17.1 Å². The number of rotatable bonds is 9. The molecule has 3 aromatic carbocycles. The lowest BCUT2D eigenvalue weighted by Gasteiger charge is -2.11. The Hall–Kier alpha value is -4.72. The third-order valence-electron chi connectivity index (χ3n) is 4.99. The minimum Gasteiger partial charge on any atom is -0.489 e. The van der Waals surface area contributed by atoms with Gasteiger partial charge in [0.05, 0.1) is 11.1 Å². The number of benzene rings is 3. The first-order chi connectivity index (χ1) is 16.5. The number of para-hydroxylation sites is 1. The third kappa shape index (κ3) is 5.36. The summed E-state index contributed by atoms with van der Waals surface area (Å²) < 4.78 is 11.4. The lowest BCUT2D eigenvalue weighted by Crippen LogP contribution is -2.16. The first-order valence-electron chi connectivity index (χ1n) is 10.5. The first-order valence-corrected chi connectivity index (χ1v) is 10.5. The van der Waals surface area contributed by atoms with E-state index < -0.39 is 10.8 Å². The Bertz CT molecular complexity index is 1360. The van der Waals surface area contributed by atoms with E-state index in [-0.39, 0.29) is 18.1 Å². The molecule has 8 heteroatoms. The van der Waals surface area contributed by atoms with Crippen LogP contribution in [-0.2, 0) is 13.0 Å². The van der Waals surface area contributed by atoms with E-state index in [4.69, 9.17) is 9.15 Å². The topological polar surface area (TPSA) is 107 Å². The van der Waals surface area contributed by atoms with Gasteiger partial charge < -0.3 is 9.15 Å². The molecule has 0 aliphatic carbocycles. The summed E-state index contributed by atoms with van der Waals surface area (Å²) in [5.41, 5.74) is 5.43. The number of nitrogens with one attached hydrogen (secondary N) is 1. The van der Waals surface area contributed by atoms with Gasteiger partial charge in [0.1, 0.15) is 17.9 Å². The van der Waals surface area contributed by atoms with E-state index in [9.17, 15) is 14.9 Å². The van der Waals surface area contributed by atoms with Crippen molar-refractivity contribution in [3.8, 4) is 5.75 Å². The Labute approximate surface area is 195 Å². The van der Waals surface area contributed by atoms with Crippen molar-refractivity contribution in [3.63, 3.8) is 0 Å². The standard InChI is InChI=1S/C26H21N3O5/c1-2-6-20-13-18(11-12-23(20)33-17-19-7-5-9-22(14-19)29(31)32)16-27-28-26(30)25-15-21-8-3-4-10-24(21)34-25/h2-5,7-16H,1,6,17H2,(H,28,30)/b27-16+. The SMILES string of the molecule is C=CCc1cc(/C=N/NC(=O)c2cc3ccccc3o2)ccc1OCc1cccc([N+](=O)[O-])c1. The van der Waals surface area contributed by atoms with Crippen LogP contribution in [0.4, 0.5) is 5.69 Å². The molecule has 0 radical (unpaired) electrons. The summed E-state index contributed by atoms with van der Waals surface area (Å²) in [5.74, 6) is 0.362. The second-order valence-corrected chi connectivity index (χ2v) is 7.42. The average Bonchev–Trinajstić information content (AvgIpc) is 3.28. The highest BCUT2D eigenvalue weighted by molar-refractivity contribution is 5.96. The van der Waals surface area contributed by atoms with Crippen molar-refractivity contribution in [1.82, 2.24) is 5.43 Å². The molecule has 0 saturated heterocycles. The summed E-state index contributed by atoms with van der Waals surface area (Å²) in [6, 6.07) is 20.8. The van der Waals surface area contributed by atoms with Crippen LogP contribution in [0.3, 0.4) is 0 Å². The highest BCUT2D eigenvalue weighted by Gasteiger charge is 2.11. The molecule has 0 bridgehead atoms. The molecule has 0 fully saturated rings. The van der Waals surface area contributed by atoms with Crippen molar-refractivity contribution in [2.75, 3.05) is 0 Å². The summed E-state index contributed by atoms with van der Waals surface area (Å²) in [5, 5.41) is 15.8. The second-order valence-electron chi connectivity index (χ2n) is 7.42. The summed E-state index contributed by atoms with van der Waals surface area (Å²) in [4.78, 5) is 22.8. The van der Waals surface area contributed by atoms with Gasteiger partial charge in [0.15, 0.2) is 5.76 Å². The number of nitro benzene ring substituents is 1. The maximum Gasteiger partial charge on any atom is 0.307 e. The van der Waals surface area contributed by atoms with E-state index >= 15 is 0 Å². The molecule has 34 heavy (non-hydrogen) atoms. The van der Waals surface area contributed by atoms with Crippen LogP contribution >= 0.6 is 0 Å². The van der Waals surface area contributed by atoms with Gasteiger partial charge in [-0.15, -0.1) is 6.58 Å². The summed E-state index contributed by atoms with van der Waals surface area (Å²) in [6.07, 6.45) is 3.83. The lowest BCUT2D eigenvalue weighted by molar-refractivity contribution is -0.384. The molecule has 1 amide bonds. The van der Waals surface area contributed by atoms with Gasteiger partial charge >= 0.3 is 5.91 Å². The molecule has 4 aromatic rings. The zero-order valence-electron chi connectivity index (χ0n) is 18.1. The molecular formula is C26H21N3O5. The molecular weight excluding hydrogens is 434 g/mol. The molecule has 1 heterocycles. The van der Waals surface area contributed by atoms with Gasteiger partial charge in [0, 0.05) is 17.5 Å². The number of nitrogens with zero attached hydrogens (tertiary/aromatic N) is 2. The predicted molar refractivity (Wildman–Crippen MR) is 129 cm³/mol. The highest BCUT2D eigenvalue weighted by Crippen LogP contribution is 2.23. The molecule has 170 valence electrons.